The minimum atomic E-state index is -3.43. The Morgan fingerprint density at radius 3 is 2.61 bits per heavy atom. The van der Waals surface area contributed by atoms with Gasteiger partial charge in [0.15, 0.2) is 0 Å². The molecule has 1 N–H and O–H groups in total. The number of piperazine rings is 1. The highest BCUT2D eigenvalue weighted by Gasteiger charge is 2.33. The van der Waals surface area contributed by atoms with Crippen LogP contribution in [0.5, 0.6) is 0 Å². The number of nitrogens with one attached hydrogen (secondary N) is 1. The van der Waals surface area contributed by atoms with Gasteiger partial charge in [-0.2, -0.15) is 17.0 Å². The van der Waals surface area contributed by atoms with Gasteiger partial charge >= 0.3 is 0 Å². The normalized spacial score (nSPS) is 20.7. The van der Waals surface area contributed by atoms with Crippen LogP contribution in [0.15, 0.2) is 24.3 Å². The monoisotopic (exact) mass is 340 g/mol. The van der Waals surface area contributed by atoms with E-state index in [0.29, 0.717) is 25.2 Å². The molecule has 0 radical (unpaired) electrons. The molecule has 7 nitrogen and oxygen atoms in total. The Morgan fingerprint density at radius 1 is 1.30 bits per heavy atom. The summed E-state index contributed by atoms with van der Waals surface area (Å²) in [7, 11) is 3.20. The van der Waals surface area contributed by atoms with E-state index >= 15 is 0 Å². The molecule has 1 saturated heterocycles. The van der Waals surface area contributed by atoms with Crippen molar-refractivity contribution in [2.24, 2.45) is 0 Å². The molecule has 1 fully saturated rings. The number of hydrogen-bond acceptors (Lipinski definition) is 4. The Kier molecular flexibility index (Phi) is 5.41. The van der Waals surface area contributed by atoms with Crippen molar-refractivity contribution < 1.29 is 13.2 Å². The molecule has 0 saturated carbocycles. The molecule has 1 aliphatic rings. The van der Waals surface area contributed by atoms with Gasteiger partial charge in [0.1, 0.15) is 0 Å². The van der Waals surface area contributed by atoms with E-state index in [1.165, 1.54) is 22.7 Å². The van der Waals surface area contributed by atoms with E-state index in [9.17, 15) is 13.2 Å². The molecule has 8 heteroatoms. The predicted octanol–water partition coefficient (Wildman–Crippen LogP) is 0.141. The third-order valence-corrected chi connectivity index (χ3v) is 6.07. The second kappa shape index (κ2) is 6.96. The van der Waals surface area contributed by atoms with Gasteiger partial charge in [0.2, 0.25) is 0 Å². The van der Waals surface area contributed by atoms with Crippen molar-refractivity contribution >= 4 is 16.1 Å². The first-order chi connectivity index (χ1) is 10.8. The summed E-state index contributed by atoms with van der Waals surface area (Å²) in [6, 6.07) is 7.25. The first-order valence-corrected chi connectivity index (χ1v) is 8.87. The molecule has 0 spiro atoms. The van der Waals surface area contributed by atoms with Crippen LogP contribution in [-0.4, -0.2) is 75.7 Å². The molecule has 23 heavy (non-hydrogen) atoms. The molecule has 2 rings (SSSR count). The number of carbonyl (C=O) groups is 1. The lowest BCUT2D eigenvalue weighted by molar-refractivity contribution is 0.0962. The van der Waals surface area contributed by atoms with E-state index in [4.69, 9.17) is 0 Å². The Morgan fingerprint density at radius 2 is 2.00 bits per heavy atom. The second-order valence-corrected chi connectivity index (χ2v) is 7.99. The van der Waals surface area contributed by atoms with E-state index in [1.807, 2.05) is 25.2 Å². The smallest absolute Gasteiger partial charge is 0.281 e. The van der Waals surface area contributed by atoms with Crippen LogP contribution in [0.3, 0.4) is 0 Å². The molecule has 1 heterocycles. The van der Waals surface area contributed by atoms with Crippen LogP contribution in [0.4, 0.5) is 0 Å². The van der Waals surface area contributed by atoms with Crippen LogP contribution >= 0.6 is 0 Å². The SMILES string of the molecule is CNC(=O)c1cccc([C@@H]2CN(S(=O)(=O)N(C)C)CCN2C)c1. The Bertz CT molecular complexity index is 675. The summed E-state index contributed by atoms with van der Waals surface area (Å²) in [5, 5.41) is 2.61. The van der Waals surface area contributed by atoms with Crippen LogP contribution in [-0.2, 0) is 10.2 Å². The molecular formula is C15H24N4O3S. The second-order valence-electron chi connectivity index (χ2n) is 5.85. The summed E-state index contributed by atoms with van der Waals surface area (Å²) >= 11 is 0. The first kappa shape index (κ1) is 17.9. The van der Waals surface area contributed by atoms with E-state index in [-0.39, 0.29) is 11.9 Å². The zero-order chi connectivity index (χ0) is 17.2. The zero-order valence-electron chi connectivity index (χ0n) is 14.0. The van der Waals surface area contributed by atoms with Crippen molar-refractivity contribution in [3.63, 3.8) is 0 Å². The van der Waals surface area contributed by atoms with Crippen LogP contribution in [0, 0.1) is 0 Å². The molecule has 1 aliphatic heterocycles. The van der Waals surface area contributed by atoms with Crippen LogP contribution in [0.2, 0.25) is 0 Å². The molecular weight excluding hydrogens is 316 g/mol. The molecule has 0 aromatic heterocycles. The minimum Gasteiger partial charge on any atom is -0.355 e. The maximum absolute atomic E-state index is 12.4. The van der Waals surface area contributed by atoms with Crippen LogP contribution < -0.4 is 5.32 Å². The fourth-order valence-corrected chi connectivity index (χ4v) is 3.78. The number of hydrogen-bond donors (Lipinski definition) is 1. The third kappa shape index (κ3) is 3.72. The van der Waals surface area contributed by atoms with Crippen molar-refractivity contribution in [3.8, 4) is 0 Å². The highest BCUT2D eigenvalue weighted by molar-refractivity contribution is 7.86. The maximum Gasteiger partial charge on any atom is 0.281 e. The predicted molar refractivity (Wildman–Crippen MR) is 89.4 cm³/mol. The lowest BCUT2D eigenvalue weighted by Crippen LogP contribution is -2.51. The number of nitrogens with zero attached hydrogens (tertiary/aromatic N) is 3. The lowest BCUT2D eigenvalue weighted by atomic mass is 10.0. The van der Waals surface area contributed by atoms with Gasteiger partial charge in [-0.25, -0.2) is 0 Å². The van der Waals surface area contributed by atoms with Crippen molar-refractivity contribution in [1.82, 2.24) is 18.8 Å². The number of benzene rings is 1. The van der Waals surface area contributed by atoms with Crippen LogP contribution in [0.25, 0.3) is 0 Å². The van der Waals surface area contributed by atoms with Gasteiger partial charge < -0.3 is 5.32 Å². The van der Waals surface area contributed by atoms with Gasteiger partial charge in [0, 0.05) is 52.4 Å². The molecule has 1 amide bonds. The summed E-state index contributed by atoms with van der Waals surface area (Å²) in [5.74, 6) is -0.150. The summed E-state index contributed by atoms with van der Waals surface area (Å²) in [6.07, 6.45) is 0. The van der Waals surface area contributed by atoms with Gasteiger partial charge in [-0.15, -0.1) is 0 Å². The fourth-order valence-electron chi connectivity index (χ4n) is 2.68. The van der Waals surface area contributed by atoms with Crippen LogP contribution in [0.1, 0.15) is 22.0 Å². The largest absolute Gasteiger partial charge is 0.355 e. The standard InChI is InChI=1S/C15H24N4O3S/c1-16-15(20)13-7-5-6-12(10-13)14-11-19(9-8-18(14)4)23(21,22)17(2)3/h5-7,10,14H,8-9,11H2,1-4H3,(H,16,20)/t14-/m0/s1. The minimum absolute atomic E-state index is 0.0805. The average molecular weight is 340 g/mol. The van der Waals surface area contributed by atoms with Gasteiger partial charge in [0.25, 0.3) is 16.1 Å². The van der Waals surface area contributed by atoms with Gasteiger partial charge in [-0.1, -0.05) is 12.1 Å². The summed E-state index contributed by atoms with van der Waals surface area (Å²) in [5.41, 5.74) is 1.51. The molecule has 1 atom stereocenters. The van der Waals surface area contributed by atoms with E-state index < -0.39 is 10.2 Å². The molecule has 0 unspecified atom stereocenters. The van der Waals surface area contributed by atoms with Crippen molar-refractivity contribution in [3.05, 3.63) is 35.4 Å². The van der Waals surface area contributed by atoms with Gasteiger partial charge in [-0.05, 0) is 24.7 Å². The fraction of sp³-hybridized carbons (Fsp3) is 0.533. The molecule has 1 aromatic carbocycles. The number of rotatable bonds is 4. The quantitative estimate of drug-likeness (QED) is 0.846. The number of carbonyl (C=O) groups excluding carboxylic acids is 1. The third-order valence-electron chi connectivity index (χ3n) is 4.16. The van der Waals surface area contributed by atoms with Crippen molar-refractivity contribution in [2.45, 2.75) is 6.04 Å². The first-order valence-electron chi connectivity index (χ1n) is 7.47. The van der Waals surface area contributed by atoms with E-state index in [1.54, 1.807) is 13.1 Å². The summed E-state index contributed by atoms with van der Waals surface area (Å²) in [4.78, 5) is 13.9. The molecule has 0 aliphatic carbocycles. The number of amides is 1. The van der Waals surface area contributed by atoms with Crippen molar-refractivity contribution in [1.29, 1.82) is 0 Å². The van der Waals surface area contributed by atoms with Gasteiger partial charge in [0.05, 0.1) is 0 Å². The lowest BCUT2D eigenvalue weighted by Gasteiger charge is -2.39. The maximum atomic E-state index is 12.4. The summed E-state index contributed by atoms with van der Waals surface area (Å²) in [6.45, 7) is 1.47. The molecule has 128 valence electrons. The highest BCUT2D eigenvalue weighted by atomic mass is 32.2. The van der Waals surface area contributed by atoms with E-state index in [0.717, 1.165) is 5.56 Å². The average Bonchev–Trinajstić information content (AvgIpc) is 2.54. The Labute approximate surface area is 138 Å². The number of likely N-dealkylation sites (N-methyl/N-ethyl adjacent to an activating group) is 1. The molecule has 0 bridgehead atoms. The summed E-state index contributed by atoms with van der Waals surface area (Å²) < 4.78 is 27.4. The zero-order valence-corrected chi connectivity index (χ0v) is 14.8. The topological polar surface area (TPSA) is 73.0 Å². The van der Waals surface area contributed by atoms with Crippen molar-refractivity contribution in [2.75, 3.05) is 47.8 Å². The Hall–Kier alpha value is -1.48. The Balaban J connectivity index is 2.29. The highest BCUT2D eigenvalue weighted by Crippen LogP contribution is 2.26. The van der Waals surface area contributed by atoms with Gasteiger partial charge in [-0.3, -0.25) is 9.69 Å². The molecule has 1 aromatic rings. The van der Waals surface area contributed by atoms with E-state index in [2.05, 4.69) is 10.2 Å².